The van der Waals surface area contributed by atoms with Gasteiger partial charge >= 0.3 is 0 Å². The molecule has 2 bridgehead atoms. The minimum atomic E-state index is 0.0695. The number of carbonyl (C=O) groups is 1. The van der Waals surface area contributed by atoms with Crippen LogP contribution >= 0.6 is 0 Å². The lowest BCUT2D eigenvalue weighted by Gasteiger charge is -2.60. The molecule has 32 heavy (non-hydrogen) atoms. The van der Waals surface area contributed by atoms with Crippen molar-refractivity contribution in [1.82, 2.24) is 0 Å². The van der Waals surface area contributed by atoms with E-state index in [1.54, 1.807) is 5.57 Å². The Balaban J connectivity index is 1.38. The zero-order chi connectivity index (χ0) is 21.1. The molecule has 162 valence electrons. The van der Waals surface area contributed by atoms with Crippen LogP contribution in [0.5, 0.6) is 0 Å². The van der Waals surface area contributed by atoms with Crippen LogP contribution in [0.15, 0.2) is 66.2 Å². The molecule has 1 unspecified atom stereocenters. The Hall–Kier alpha value is -2.43. The van der Waals surface area contributed by atoms with E-state index in [0.717, 1.165) is 17.6 Å². The number of fused-ring (bicyclic) bond motifs is 2. The van der Waals surface area contributed by atoms with Crippen LogP contribution in [0.4, 0.5) is 5.69 Å². The normalized spacial score (nSPS) is 42.4. The monoisotopic (exact) mass is 425 g/mol. The second kappa shape index (κ2) is 5.92. The van der Waals surface area contributed by atoms with Crippen molar-refractivity contribution in [3.05, 3.63) is 77.4 Å². The van der Waals surface area contributed by atoms with Crippen LogP contribution in [0.25, 0.3) is 0 Å². The van der Waals surface area contributed by atoms with Crippen LogP contribution in [-0.2, 0) is 21.5 Å². The molecule has 4 nitrogen and oxygen atoms in total. The third kappa shape index (κ3) is 1.96. The van der Waals surface area contributed by atoms with E-state index < -0.39 is 0 Å². The van der Waals surface area contributed by atoms with Crippen molar-refractivity contribution in [1.29, 1.82) is 0 Å². The van der Waals surface area contributed by atoms with E-state index in [9.17, 15) is 4.79 Å². The number of amides is 1. The number of para-hydroxylation sites is 1. The number of hydrogen-bond donors (Lipinski definition) is 0. The number of anilines is 1. The highest BCUT2D eigenvalue weighted by Gasteiger charge is 2.75. The van der Waals surface area contributed by atoms with Crippen LogP contribution in [-0.4, -0.2) is 48.3 Å². The Morgan fingerprint density at radius 2 is 1.94 bits per heavy atom. The van der Waals surface area contributed by atoms with E-state index in [2.05, 4.69) is 65.6 Å². The van der Waals surface area contributed by atoms with Crippen LogP contribution < -0.4 is 4.90 Å². The molecule has 8 rings (SSSR count). The Labute approximate surface area is 189 Å². The Bertz CT molecular complexity index is 1170. The van der Waals surface area contributed by atoms with Gasteiger partial charge in [0.25, 0.3) is 0 Å². The summed E-state index contributed by atoms with van der Waals surface area (Å²) in [5.41, 5.74) is 5.78. The van der Waals surface area contributed by atoms with E-state index >= 15 is 0 Å². The molecule has 6 aliphatic rings. The van der Waals surface area contributed by atoms with E-state index in [1.165, 1.54) is 36.2 Å². The first kappa shape index (κ1) is 18.0. The van der Waals surface area contributed by atoms with Crippen molar-refractivity contribution >= 4 is 11.6 Å². The predicted molar refractivity (Wildman–Crippen MR) is 122 cm³/mol. The van der Waals surface area contributed by atoms with Crippen molar-refractivity contribution in [3.63, 3.8) is 0 Å². The van der Waals surface area contributed by atoms with E-state index in [-0.39, 0.29) is 23.5 Å². The Morgan fingerprint density at radius 1 is 1.09 bits per heavy atom. The summed E-state index contributed by atoms with van der Waals surface area (Å²) in [6.45, 7) is 4.12. The molecule has 1 aliphatic carbocycles. The first-order valence-electron chi connectivity index (χ1n) is 12.3. The highest BCUT2D eigenvalue weighted by molar-refractivity contribution is 5.99. The molecule has 1 amide bonds. The van der Waals surface area contributed by atoms with Gasteiger partial charge in [0, 0.05) is 30.0 Å². The van der Waals surface area contributed by atoms with E-state index in [1.807, 2.05) is 0 Å². The molecule has 5 aliphatic heterocycles. The van der Waals surface area contributed by atoms with Gasteiger partial charge in [-0.05, 0) is 23.1 Å². The zero-order valence-corrected chi connectivity index (χ0v) is 18.3. The molecular formula is C28H29N2O2+. The fourth-order valence-electron chi connectivity index (χ4n) is 9.15. The third-order valence-corrected chi connectivity index (χ3v) is 10.0. The number of nitrogens with zero attached hydrogens (tertiary/aromatic N) is 2. The summed E-state index contributed by atoms with van der Waals surface area (Å²) in [7, 11) is 0. The molecule has 3 saturated heterocycles. The standard InChI is InChI=1S/C28H29N2O2/c31-25-15-23-26-20-14-24-28(21-8-4-5-9-22(21)29(25)27(26)28)11-12-30(24,17-19(20)10-13-32-23)16-18-6-2-1-3-7-18/h1-10,20,23-24,26-27H,11-17H2/q+1/t20-,23-,24-,26-,27-,28+,30?/m0/s1. The molecule has 0 aromatic heterocycles. The maximum absolute atomic E-state index is 13.6. The highest BCUT2D eigenvalue weighted by Crippen LogP contribution is 2.67. The van der Waals surface area contributed by atoms with E-state index in [0.29, 0.717) is 30.9 Å². The SMILES string of the molecule is O=C1C[C@@H]2OCC=C3C[N+]4(Cc5ccccc5)CC[C@]56c7ccccc7N1[C@H]5[C@H]2[C@H]3C[C@@H]64. The molecule has 7 atom stereocenters. The molecule has 2 aromatic rings. The van der Waals surface area contributed by atoms with Gasteiger partial charge in [0.2, 0.25) is 5.91 Å². The topological polar surface area (TPSA) is 29.5 Å². The average Bonchev–Trinajstić information content (AvgIpc) is 3.24. The maximum atomic E-state index is 13.6. The largest absolute Gasteiger partial charge is 0.373 e. The van der Waals surface area contributed by atoms with Crippen molar-refractivity contribution < 1.29 is 14.0 Å². The van der Waals surface area contributed by atoms with Gasteiger partial charge < -0.3 is 14.1 Å². The number of hydrogen-bond acceptors (Lipinski definition) is 2. The Kier molecular flexibility index (Phi) is 3.34. The number of rotatable bonds is 2. The predicted octanol–water partition coefficient (Wildman–Crippen LogP) is 3.81. The summed E-state index contributed by atoms with van der Waals surface area (Å²) in [4.78, 5) is 15.8. The third-order valence-electron chi connectivity index (χ3n) is 10.0. The summed E-state index contributed by atoms with van der Waals surface area (Å²) in [5.74, 6) is 1.27. The lowest BCUT2D eigenvalue weighted by atomic mass is 9.53. The van der Waals surface area contributed by atoms with Crippen LogP contribution in [0, 0.1) is 11.8 Å². The van der Waals surface area contributed by atoms with Crippen LogP contribution in [0.2, 0.25) is 0 Å². The molecule has 1 saturated carbocycles. The fraction of sp³-hybridized carbons (Fsp3) is 0.464. The van der Waals surface area contributed by atoms with Gasteiger partial charge in [0.1, 0.15) is 19.1 Å². The van der Waals surface area contributed by atoms with Gasteiger partial charge in [0.05, 0.1) is 37.1 Å². The second-order valence-electron chi connectivity index (χ2n) is 11.1. The summed E-state index contributed by atoms with van der Waals surface area (Å²) in [6.07, 6.45) is 5.43. The highest BCUT2D eigenvalue weighted by atomic mass is 16.5. The first-order valence-corrected chi connectivity index (χ1v) is 12.3. The molecule has 5 heterocycles. The van der Waals surface area contributed by atoms with E-state index in [4.69, 9.17) is 4.74 Å². The number of carbonyl (C=O) groups excluding carboxylic acids is 1. The van der Waals surface area contributed by atoms with Crippen molar-refractivity contribution in [2.75, 3.05) is 24.6 Å². The quantitative estimate of drug-likeness (QED) is 0.541. The fourth-order valence-corrected chi connectivity index (χ4v) is 9.15. The van der Waals surface area contributed by atoms with Crippen LogP contribution in [0.3, 0.4) is 0 Å². The Morgan fingerprint density at radius 3 is 2.84 bits per heavy atom. The molecule has 0 N–H and O–H groups in total. The first-order chi connectivity index (χ1) is 15.7. The van der Waals surface area contributed by atoms with Gasteiger partial charge in [0.15, 0.2) is 0 Å². The zero-order valence-electron chi connectivity index (χ0n) is 18.3. The van der Waals surface area contributed by atoms with Gasteiger partial charge in [-0.1, -0.05) is 54.6 Å². The molecule has 4 fully saturated rings. The molecule has 4 heteroatoms. The van der Waals surface area contributed by atoms with Gasteiger partial charge in [-0.15, -0.1) is 0 Å². The number of benzene rings is 2. The number of piperidine rings is 2. The van der Waals surface area contributed by atoms with Crippen molar-refractivity contribution in [3.8, 4) is 0 Å². The van der Waals surface area contributed by atoms with Crippen LogP contribution in [0.1, 0.15) is 30.4 Å². The second-order valence-corrected chi connectivity index (χ2v) is 11.1. The lowest BCUT2D eigenvalue weighted by Crippen LogP contribution is -2.72. The molecule has 2 aromatic carbocycles. The summed E-state index contributed by atoms with van der Waals surface area (Å²) in [6, 6.07) is 20.8. The number of quaternary nitrogens is 1. The molecular weight excluding hydrogens is 396 g/mol. The van der Waals surface area contributed by atoms with Crippen molar-refractivity contribution in [2.24, 2.45) is 11.8 Å². The smallest absolute Gasteiger partial charge is 0.229 e. The lowest BCUT2D eigenvalue weighted by molar-refractivity contribution is -0.955. The molecule has 1 spiro atoms. The maximum Gasteiger partial charge on any atom is 0.229 e. The summed E-state index contributed by atoms with van der Waals surface area (Å²) < 4.78 is 7.56. The van der Waals surface area contributed by atoms with Gasteiger partial charge in [-0.2, -0.15) is 0 Å². The van der Waals surface area contributed by atoms with Gasteiger partial charge in [-0.25, -0.2) is 0 Å². The summed E-state index contributed by atoms with van der Waals surface area (Å²) in [5, 5.41) is 0. The molecule has 0 radical (unpaired) electrons. The average molecular weight is 426 g/mol. The summed E-state index contributed by atoms with van der Waals surface area (Å²) >= 11 is 0. The van der Waals surface area contributed by atoms with Gasteiger partial charge in [-0.3, -0.25) is 4.79 Å². The van der Waals surface area contributed by atoms with Crippen molar-refractivity contribution in [2.45, 2.75) is 49.4 Å². The minimum Gasteiger partial charge on any atom is -0.373 e. The number of ether oxygens (including phenoxy) is 1. The minimum absolute atomic E-state index is 0.0695.